The molecule has 0 heterocycles. The van der Waals surface area contributed by atoms with Crippen molar-refractivity contribution in [3.8, 4) is 17.2 Å². The molecule has 7 nitrogen and oxygen atoms in total. The lowest BCUT2D eigenvalue weighted by Crippen LogP contribution is -2.30. The largest absolute Gasteiger partial charge is 0.508 e. The number of benzene rings is 4. The average molecular weight is 662 g/mol. The van der Waals surface area contributed by atoms with Crippen LogP contribution in [0.4, 0.5) is 5.69 Å². The number of fused-ring (bicyclic) bond motifs is 1. The summed E-state index contributed by atoms with van der Waals surface area (Å²) in [4.78, 5) is 15.0. The van der Waals surface area contributed by atoms with E-state index < -0.39 is 15.9 Å². The Morgan fingerprint density at radius 3 is 2.21 bits per heavy atom. The molecule has 10 heteroatoms. The fraction of sp³-hybridized carbons (Fsp3) is 0.179. The zero-order chi connectivity index (χ0) is 27.8. The molecule has 0 aromatic heterocycles. The first-order valence-corrected chi connectivity index (χ1v) is 14.7. The lowest BCUT2D eigenvalue weighted by Gasteiger charge is -2.17. The Morgan fingerprint density at radius 1 is 0.947 bits per heavy atom. The Hall–Kier alpha value is -3.08. The van der Waals surface area contributed by atoms with Crippen molar-refractivity contribution in [1.29, 1.82) is 0 Å². The van der Waals surface area contributed by atoms with E-state index in [1.807, 2.05) is 45.0 Å². The summed E-state index contributed by atoms with van der Waals surface area (Å²) >= 11 is 6.85. The van der Waals surface area contributed by atoms with Crippen molar-refractivity contribution in [3.05, 3.63) is 86.8 Å². The lowest BCUT2D eigenvalue weighted by atomic mass is 10.0. The van der Waals surface area contributed by atoms with E-state index in [-0.39, 0.29) is 22.1 Å². The number of nitrogens with zero attached hydrogens (tertiary/aromatic N) is 1. The van der Waals surface area contributed by atoms with Crippen LogP contribution >= 0.6 is 31.9 Å². The Bertz CT molecular complexity index is 1630. The van der Waals surface area contributed by atoms with Crippen molar-refractivity contribution in [1.82, 2.24) is 4.72 Å². The number of hydrogen-bond acceptors (Lipinski definition) is 6. The molecule has 0 bridgehead atoms. The highest BCUT2D eigenvalue weighted by atomic mass is 79.9. The highest BCUT2D eigenvalue weighted by Gasteiger charge is 2.23. The number of halogens is 2. The number of aromatic hydroxyl groups is 1. The molecule has 0 aliphatic rings. The van der Waals surface area contributed by atoms with Gasteiger partial charge >= 0.3 is 0 Å². The predicted molar refractivity (Wildman–Crippen MR) is 157 cm³/mol. The van der Waals surface area contributed by atoms with Gasteiger partial charge in [0.2, 0.25) is 0 Å². The van der Waals surface area contributed by atoms with Gasteiger partial charge in [0.25, 0.3) is 15.9 Å². The third-order valence-electron chi connectivity index (χ3n) is 5.96. The third-order valence-corrected chi connectivity index (χ3v) is 8.53. The molecule has 4 aromatic rings. The van der Waals surface area contributed by atoms with E-state index in [4.69, 9.17) is 4.74 Å². The van der Waals surface area contributed by atoms with E-state index >= 15 is 0 Å². The van der Waals surface area contributed by atoms with Crippen molar-refractivity contribution in [2.75, 3.05) is 19.0 Å². The number of hydrogen-bond donors (Lipinski definition) is 2. The van der Waals surface area contributed by atoms with Crippen LogP contribution in [0.5, 0.6) is 17.2 Å². The van der Waals surface area contributed by atoms with Gasteiger partial charge in [-0.1, -0.05) is 38.1 Å². The van der Waals surface area contributed by atoms with Crippen LogP contribution in [0.3, 0.4) is 0 Å². The molecule has 0 aliphatic heterocycles. The molecule has 0 aliphatic carbocycles. The quantitative estimate of drug-likeness (QED) is 0.218. The SMILES string of the molecule is CC(C)c1cc(Oc2c(Br)cc(C(=O)NS(=O)(=O)c3cccc4c(N(C)C)cccc34)cc2Br)ccc1O. The van der Waals surface area contributed by atoms with Crippen molar-refractivity contribution in [3.63, 3.8) is 0 Å². The highest BCUT2D eigenvalue weighted by molar-refractivity contribution is 9.11. The molecule has 0 fully saturated rings. The van der Waals surface area contributed by atoms with Gasteiger partial charge in [0.15, 0.2) is 5.75 Å². The molecule has 0 unspecified atom stereocenters. The molecule has 0 atom stereocenters. The zero-order valence-corrected chi connectivity index (χ0v) is 25.1. The Balaban J connectivity index is 1.63. The molecule has 1 amide bonds. The van der Waals surface area contributed by atoms with Crippen molar-refractivity contribution in [2.45, 2.75) is 24.7 Å². The molecular formula is C28H26Br2N2O5S. The Kier molecular flexibility index (Phi) is 8.06. The second-order valence-corrected chi connectivity index (χ2v) is 12.6. The summed E-state index contributed by atoms with van der Waals surface area (Å²) < 4.78 is 35.7. The van der Waals surface area contributed by atoms with Crippen LogP contribution < -0.4 is 14.4 Å². The number of carbonyl (C=O) groups is 1. The van der Waals surface area contributed by atoms with Crippen LogP contribution in [0, 0.1) is 0 Å². The second kappa shape index (κ2) is 11.0. The van der Waals surface area contributed by atoms with E-state index in [1.165, 1.54) is 18.2 Å². The lowest BCUT2D eigenvalue weighted by molar-refractivity contribution is 0.0981. The second-order valence-electron chi connectivity index (χ2n) is 9.20. The smallest absolute Gasteiger partial charge is 0.265 e. The van der Waals surface area contributed by atoms with E-state index in [0.717, 1.165) is 16.6 Å². The maximum Gasteiger partial charge on any atom is 0.265 e. The van der Waals surface area contributed by atoms with Gasteiger partial charge < -0.3 is 14.7 Å². The Morgan fingerprint density at radius 2 is 1.58 bits per heavy atom. The first kappa shape index (κ1) is 27.9. The van der Waals surface area contributed by atoms with Crippen LogP contribution in [-0.4, -0.2) is 33.5 Å². The van der Waals surface area contributed by atoms with Crippen LogP contribution in [-0.2, 0) is 10.0 Å². The number of phenols is 1. The summed E-state index contributed by atoms with van der Waals surface area (Å²) in [7, 11) is -0.420. The molecule has 0 spiro atoms. The van der Waals surface area contributed by atoms with E-state index in [9.17, 15) is 18.3 Å². The maximum atomic E-state index is 13.3. The predicted octanol–water partition coefficient (Wildman–Crippen LogP) is 7.17. The van der Waals surface area contributed by atoms with Gasteiger partial charge in [-0.2, -0.15) is 0 Å². The summed E-state index contributed by atoms with van der Waals surface area (Å²) in [6.07, 6.45) is 0. The number of amides is 1. The number of sulfonamides is 1. The first-order chi connectivity index (χ1) is 17.9. The minimum atomic E-state index is -4.18. The van der Waals surface area contributed by atoms with Crippen LogP contribution in [0.15, 0.2) is 80.6 Å². The summed E-state index contributed by atoms with van der Waals surface area (Å²) in [5, 5.41) is 11.4. The van der Waals surface area contributed by atoms with Gasteiger partial charge in [-0.3, -0.25) is 4.79 Å². The molecule has 198 valence electrons. The monoisotopic (exact) mass is 660 g/mol. The minimum Gasteiger partial charge on any atom is -0.508 e. The minimum absolute atomic E-state index is 0.0124. The fourth-order valence-electron chi connectivity index (χ4n) is 4.09. The number of anilines is 1. The van der Waals surface area contributed by atoms with Crippen LogP contribution in [0.2, 0.25) is 0 Å². The van der Waals surface area contributed by atoms with Gasteiger partial charge in [-0.25, -0.2) is 13.1 Å². The van der Waals surface area contributed by atoms with Gasteiger partial charge in [0.1, 0.15) is 11.5 Å². The van der Waals surface area contributed by atoms with Crippen LogP contribution in [0.25, 0.3) is 10.8 Å². The molecule has 0 radical (unpaired) electrons. The molecular weight excluding hydrogens is 636 g/mol. The summed E-state index contributed by atoms with van der Waals surface area (Å²) in [5.41, 5.74) is 1.72. The summed E-state index contributed by atoms with van der Waals surface area (Å²) in [6, 6.07) is 18.3. The third kappa shape index (κ3) is 5.67. The van der Waals surface area contributed by atoms with E-state index in [2.05, 4.69) is 36.6 Å². The van der Waals surface area contributed by atoms with Gasteiger partial charge in [-0.15, -0.1) is 0 Å². The summed E-state index contributed by atoms with van der Waals surface area (Å²) in [5.74, 6) is 0.388. The first-order valence-electron chi connectivity index (χ1n) is 11.6. The summed E-state index contributed by atoms with van der Waals surface area (Å²) in [6.45, 7) is 3.93. The number of carbonyl (C=O) groups excluding carboxylic acids is 1. The number of rotatable bonds is 7. The highest BCUT2D eigenvalue weighted by Crippen LogP contribution is 2.40. The molecule has 4 rings (SSSR count). The van der Waals surface area contributed by atoms with Crippen molar-refractivity contribution in [2.24, 2.45) is 0 Å². The van der Waals surface area contributed by atoms with Gasteiger partial charge in [-0.05, 0) is 80.2 Å². The van der Waals surface area contributed by atoms with Gasteiger partial charge in [0, 0.05) is 41.7 Å². The van der Waals surface area contributed by atoms with Gasteiger partial charge in [0.05, 0.1) is 13.8 Å². The fourth-order valence-corrected chi connectivity index (χ4v) is 6.64. The standard InChI is InChI=1S/C28H26Br2N2O5S/c1-16(2)21-15-18(11-12-25(21)33)37-27-22(29)13-17(14-23(27)30)28(34)31-38(35,36)26-10-6-7-19-20(26)8-5-9-24(19)32(3)4/h5-16,33H,1-4H3,(H,31,34). The molecule has 4 aromatic carbocycles. The van der Waals surface area contributed by atoms with Crippen molar-refractivity contribution >= 4 is 64.3 Å². The molecule has 0 saturated heterocycles. The molecule has 2 N–H and O–H groups in total. The van der Waals surface area contributed by atoms with E-state index in [0.29, 0.717) is 25.8 Å². The number of nitrogens with one attached hydrogen (secondary N) is 1. The Labute approximate surface area is 238 Å². The van der Waals surface area contributed by atoms with Crippen LogP contribution in [0.1, 0.15) is 35.7 Å². The molecule has 38 heavy (non-hydrogen) atoms. The normalized spacial score (nSPS) is 11.6. The maximum absolute atomic E-state index is 13.3. The van der Waals surface area contributed by atoms with E-state index in [1.54, 1.807) is 36.4 Å². The number of phenolic OH excluding ortho intramolecular Hbond substituents is 1. The average Bonchev–Trinajstić information content (AvgIpc) is 2.85. The topological polar surface area (TPSA) is 95.9 Å². The molecule has 0 saturated carbocycles. The van der Waals surface area contributed by atoms with Crippen molar-refractivity contribution < 1.29 is 23.1 Å². The number of ether oxygens (including phenoxy) is 1. The zero-order valence-electron chi connectivity index (χ0n) is 21.1.